The molecule has 7 nitrogen and oxygen atoms in total. The van der Waals surface area contributed by atoms with Gasteiger partial charge in [0.25, 0.3) is 5.91 Å². The van der Waals surface area contributed by atoms with Gasteiger partial charge in [0.1, 0.15) is 5.75 Å². The minimum atomic E-state index is -0.487. The van der Waals surface area contributed by atoms with E-state index in [2.05, 4.69) is 17.1 Å². The Balaban J connectivity index is 1.50. The van der Waals surface area contributed by atoms with Crippen LogP contribution in [0.2, 0.25) is 0 Å². The molecule has 0 unspecified atom stereocenters. The van der Waals surface area contributed by atoms with Gasteiger partial charge in [0, 0.05) is 31.7 Å². The highest BCUT2D eigenvalue weighted by Crippen LogP contribution is 2.38. The van der Waals surface area contributed by atoms with E-state index in [4.69, 9.17) is 4.74 Å². The minimum absolute atomic E-state index is 0.0134. The normalized spacial score (nSPS) is 24.9. The zero-order chi connectivity index (χ0) is 21.3. The first-order valence-electron chi connectivity index (χ1n) is 10.9. The molecule has 1 aromatic carbocycles. The predicted molar refractivity (Wildman–Crippen MR) is 115 cm³/mol. The number of nitrogens with zero attached hydrogens (tertiary/aromatic N) is 3. The van der Waals surface area contributed by atoms with Crippen molar-refractivity contribution in [2.24, 2.45) is 0 Å². The SMILES string of the molecule is COc1ccccc1[C@@H]1NC(=O)N(C)C2=C1C(=O)N(CCCN1CCCC[C@@H]1C)C2. The average Bonchev–Trinajstić information content (AvgIpc) is 3.09. The Bertz CT molecular complexity index is 853. The monoisotopic (exact) mass is 412 g/mol. The van der Waals surface area contributed by atoms with E-state index in [1.54, 1.807) is 19.1 Å². The number of ether oxygens (including phenoxy) is 1. The van der Waals surface area contributed by atoms with E-state index in [1.807, 2.05) is 29.2 Å². The van der Waals surface area contributed by atoms with Crippen LogP contribution in [0.1, 0.15) is 44.2 Å². The Labute approximate surface area is 178 Å². The van der Waals surface area contributed by atoms with Gasteiger partial charge in [-0.25, -0.2) is 4.79 Å². The highest BCUT2D eigenvalue weighted by atomic mass is 16.5. The van der Waals surface area contributed by atoms with Crippen LogP contribution in [0, 0.1) is 0 Å². The number of carbonyl (C=O) groups is 2. The molecule has 3 heterocycles. The maximum absolute atomic E-state index is 13.4. The molecule has 0 aliphatic carbocycles. The fraction of sp³-hybridized carbons (Fsp3) is 0.565. The molecular formula is C23H32N4O3. The highest BCUT2D eigenvalue weighted by molar-refractivity contribution is 6.01. The smallest absolute Gasteiger partial charge is 0.322 e. The standard InChI is InChI=1S/C23H32N4O3/c1-16-9-6-7-12-26(16)13-8-14-27-15-18-20(22(27)28)21(24-23(29)25(18)2)17-10-4-5-11-19(17)30-3/h4-5,10-11,16,21H,6-9,12-15H2,1-3H3,(H,24,29)/t16-,21-/m0/s1. The predicted octanol–water partition coefficient (Wildman–Crippen LogP) is 2.75. The molecule has 7 heteroatoms. The number of likely N-dealkylation sites (N-methyl/N-ethyl adjacent to an activating group) is 1. The van der Waals surface area contributed by atoms with Crippen LogP contribution in [-0.4, -0.2) is 73.0 Å². The van der Waals surface area contributed by atoms with Crippen molar-refractivity contribution in [1.29, 1.82) is 0 Å². The molecule has 0 saturated carbocycles. The van der Waals surface area contributed by atoms with Crippen molar-refractivity contribution in [1.82, 2.24) is 20.0 Å². The van der Waals surface area contributed by atoms with Gasteiger partial charge in [0.2, 0.25) is 0 Å². The van der Waals surface area contributed by atoms with E-state index in [-0.39, 0.29) is 11.9 Å². The second kappa shape index (κ2) is 8.68. The van der Waals surface area contributed by atoms with E-state index >= 15 is 0 Å². The largest absolute Gasteiger partial charge is 0.496 e. The molecule has 0 spiro atoms. The molecule has 2 atom stereocenters. The molecular weight excluding hydrogens is 380 g/mol. The molecule has 3 aliphatic heterocycles. The summed E-state index contributed by atoms with van der Waals surface area (Å²) in [6.45, 7) is 5.65. The number of piperidine rings is 1. The van der Waals surface area contributed by atoms with Crippen LogP contribution in [-0.2, 0) is 4.79 Å². The number of nitrogens with one attached hydrogen (secondary N) is 1. The fourth-order valence-electron chi connectivity index (χ4n) is 4.90. The third-order valence-electron chi connectivity index (χ3n) is 6.70. The van der Waals surface area contributed by atoms with Crippen LogP contribution in [0.25, 0.3) is 0 Å². The summed E-state index contributed by atoms with van der Waals surface area (Å²) in [7, 11) is 3.34. The summed E-state index contributed by atoms with van der Waals surface area (Å²) in [5.74, 6) is 0.684. The van der Waals surface area contributed by atoms with Gasteiger partial charge < -0.3 is 19.9 Å². The van der Waals surface area contributed by atoms with Crippen molar-refractivity contribution in [3.8, 4) is 5.75 Å². The minimum Gasteiger partial charge on any atom is -0.496 e. The zero-order valence-electron chi connectivity index (χ0n) is 18.2. The van der Waals surface area contributed by atoms with Crippen LogP contribution in [0.5, 0.6) is 5.75 Å². The maximum Gasteiger partial charge on any atom is 0.322 e. The first-order chi connectivity index (χ1) is 14.5. The molecule has 30 heavy (non-hydrogen) atoms. The third-order valence-corrected chi connectivity index (χ3v) is 6.70. The zero-order valence-corrected chi connectivity index (χ0v) is 18.2. The molecule has 0 bridgehead atoms. The quantitative estimate of drug-likeness (QED) is 0.780. The first-order valence-corrected chi connectivity index (χ1v) is 10.9. The van der Waals surface area contributed by atoms with Gasteiger partial charge in [-0.2, -0.15) is 0 Å². The summed E-state index contributed by atoms with van der Waals surface area (Å²) in [6.07, 6.45) is 4.79. The Morgan fingerprint density at radius 2 is 1.97 bits per heavy atom. The van der Waals surface area contributed by atoms with Crippen LogP contribution < -0.4 is 10.1 Å². The van der Waals surface area contributed by atoms with Crippen molar-refractivity contribution in [2.75, 3.05) is 40.3 Å². The van der Waals surface area contributed by atoms with Crippen LogP contribution in [0.3, 0.4) is 0 Å². The molecule has 1 aromatic rings. The molecule has 162 valence electrons. The average molecular weight is 413 g/mol. The van der Waals surface area contributed by atoms with Gasteiger partial charge >= 0.3 is 6.03 Å². The lowest BCUT2D eigenvalue weighted by atomic mass is 9.95. The van der Waals surface area contributed by atoms with Gasteiger partial charge in [0.05, 0.1) is 31.0 Å². The molecule has 1 N–H and O–H groups in total. The lowest BCUT2D eigenvalue weighted by Gasteiger charge is -2.33. The van der Waals surface area contributed by atoms with Gasteiger partial charge in [0.15, 0.2) is 0 Å². The molecule has 0 radical (unpaired) electrons. The molecule has 3 amide bonds. The Morgan fingerprint density at radius 1 is 1.17 bits per heavy atom. The van der Waals surface area contributed by atoms with E-state index in [9.17, 15) is 9.59 Å². The molecule has 1 saturated heterocycles. The summed E-state index contributed by atoms with van der Waals surface area (Å²) in [6, 6.07) is 7.51. The van der Waals surface area contributed by atoms with Crippen molar-refractivity contribution in [3.63, 3.8) is 0 Å². The van der Waals surface area contributed by atoms with Crippen LogP contribution in [0.4, 0.5) is 4.79 Å². The van der Waals surface area contributed by atoms with E-state index in [1.165, 1.54) is 19.3 Å². The number of amides is 3. The van der Waals surface area contributed by atoms with Gasteiger partial charge in [-0.15, -0.1) is 0 Å². The number of benzene rings is 1. The number of hydrogen-bond acceptors (Lipinski definition) is 4. The van der Waals surface area contributed by atoms with E-state index in [0.717, 1.165) is 30.8 Å². The number of likely N-dealkylation sites (tertiary alicyclic amines) is 1. The number of carbonyl (C=O) groups excluding carboxylic acids is 2. The van der Waals surface area contributed by atoms with Crippen LogP contribution >= 0.6 is 0 Å². The van der Waals surface area contributed by atoms with Gasteiger partial charge in [-0.05, 0) is 38.8 Å². The summed E-state index contributed by atoms with van der Waals surface area (Å²) in [5.41, 5.74) is 2.27. The summed E-state index contributed by atoms with van der Waals surface area (Å²) in [4.78, 5) is 31.9. The number of urea groups is 1. The summed E-state index contributed by atoms with van der Waals surface area (Å²) >= 11 is 0. The van der Waals surface area contributed by atoms with Crippen molar-refractivity contribution in [2.45, 2.75) is 44.7 Å². The second-order valence-corrected chi connectivity index (χ2v) is 8.50. The Kier molecular flexibility index (Phi) is 5.99. The number of rotatable bonds is 6. The molecule has 1 fully saturated rings. The van der Waals surface area contributed by atoms with Gasteiger partial charge in [-0.1, -0.05) is 24.6 Å². The van der Waals surface area contributed by atoms with E-state index in [0.29, 0.717) is 30.5 Å². The number of methoxy groups -OCH3 is 1. The highest BCUT2D eigenvalue weighted by Gasteiger charge is 2.43. The molecule has 3 aliphatic rings. The van der Waals surface area contributed by atoms with Gasteiger partial charge in [-0.3, -0.25) is 9.69 Å². The fourth-order valence-corrected chi connectivity index (χ4v) is 4.90. The molecule has 0 aromatic heterocycles. The molecule has 4 rings (SSSR count). The van der Waals surface area contributed by atoms with Crippen LogP contribution in [0.15, 0.2) is 35.5 Å². The maximum atomic E-state index is 13.4. The summed E-state index contributed by atoms with van der Waals surface area (Å²) in [5, 5.41) is 2.99. The Morgan fingerprint density at radius 3 is 2.73 bits per heavy atom. The number of para-hydroxylation sites is 1. The first kappa shape index (κ1) is 20.7. The number of hydrogen-bond donors (Lipinski definition) is 1. The van der Waals surface area contributed by atoms with Crippen molar-refractivity contribution in [3.05, 3.63) is 41.1 Å². The lowest BCUT2D eigenvalue weighted by Crippen LogP contribution is -2.45. The lowest BCUT2D eigenvalue weighted by molar-refractivity contribution is -0.125. The van der Waals surface area contributed by atoms with Crippen molar-refractivity contribution < 1.29 is 14.3 Å². The van der Waals surface area contributed by atoms with Crippen molar-refractivity contribution >= 4 is 11.9 Å². The third kappa shape index (κ3) is 3.78. The summed E-state index contributed by atoms with van der Waals surface area (Å²) < 4.78 is 5.50. The topological polar surface area (TPSA) is 65.1 Å². The Hall–Kier alpha value is -2.54. The second-order valence-electron chi connectivity index (χ2n) is 8.50. The van der Waals surface area contributed by atoms with E-state index < -0.39 is 6.04 Å².